The summed E-state index contributed by atoms with van der Waals surface area (Å²) in [5.74, 6) is 0.855. The van der Waals surface area contributed by atoms with Crippen molar-refractivity contribution in [1.82, 2.24) is 20.1 Å². The van der Waals surface area contributed by atoms with Crippen molar-refractivity contribution in [1.29, 1.82) is 0 Å². The summed E-state index contributed by atoms with van der Waals surface area (Å²) in [6.45, 7) is 7.85. The fraction of sp³-hybridized carbons (Fsp3) is 0.333. The van der Waals surface area contributed by atoms with Gasteiger partial charge in [-0.25, -0.2) is 4.98 Å². The van der Waals surface area contributed by atoms with Crippen LogP contribution in [0.15, 0.2) is 64.5 Å². The number of amides is 1. The van der Waals surface area contributed by atoms with Crippen LogP contribution in [-0.2, 0) is 4.79 Å². The van der Waals surface area contributed by atoms with Crippen molar-refractivity contribution in [2.24, 2.45) is 5.92 Å². The second-order valence-corrected chi connectivity index (χ2v) is 8.11. The number of hydrogen-bond acceptors (Lipinski definition) is 5. The molecule has 6 nitrogen and oxygen atoms in total. The Morgan fingerprint density at radius 3 is 2.80 bits per heavy atom. The number of allylic oxidation sites excluding steroid dienone is 4. The molecule has 1 amide bonds. The molecule has 30 heavy (non-hydrogen) atoms. The number of nitrogens with one attached hydrogen (secondary N) is 1. The molecule has 1 aromatic carbocycles. The van der Waals surface area contributed by atoms with Crippen molar-refractivity contribution in [2.45, 2.75) is 20.3 Å². The number of hydrogen-bond donors (Lipinski definition) is 1. The van der Waals surface area contributed by atoms with Gasteiger partial charge in [0, 0.05) is 51.1 Å². The van der Waals surface area contributed by atoms with Gasteiger partial charge in [-0.05, 0) is 47.8 Å². The Morgan fingerprint density at radius 1 is 1.17 bits per heavy atom. The molecule has 3 aliphatic heterocycles. The maximum Gasteiger partial charge on any atom is 0.255 e. The molecule has 0 bridgehead atoms. The molecule has 1 unspecified atom stereocenters. The predicted octanol–water partition coefficient (Wildman–Crippen LogP) is 3.59. The first-order valence-corrected chi connectivity index (χ1v) is 10.6. The van der Waals surface area contributed by atoms with Crippen molar-refractivity contribution < 1.29 is 9.21 Å². The second-order valence-electron chi connectivity index (χ2n) is 8.11. The van der Waals surface area contributed by atoms with Crippen LogP contribution >= 0.6 is 0 Å². The van der Waals surface area contributed by atoms with Crippen LogP contribution in [0, 0.1) is 12.8 Å². The van der Waals surface area contributed by atoms with Crippen LogP contribution in [0.2, 0.25) is 0 Å². The van der Waals surface area contributed by atoms with Crippen LogP contribution < -0.4 is 5.32 Å². The normalized spacial score (nSPS) is 22.3. The van der Waals surface area contributed by atoms with Gasteiger partial charge in [-0.1, -0.05) is 19.1 Å². The van der Waals surface area contributed by atoms with E-state index >= 15 is 0 Å². The molecule has 1 aromatic heterocycles. The van der Waals surface area contributed by atoms with Gasteiger partial charge >= 0.3 is 0 Å². The van der Waals surface area contributed by atoms with E-state index in [1.54, 1.807) is 11.0 Å². The van der Waals surface area contributed by atoms with Gasteiger partial charge in [-0.3, -0.25) is 9.69 Å². The lowest BCUT2D eigenvalue weighted by atomic mass is 9.89. The Kier molecular flexibility index (Phi) is 4.79. The van der Waals surface area contributed by atoms with Crippen molar-refractivity contribution in [3.63, 3.8) is 0 Å². The minimum absolute atomic E-state index is 0.0174. The molecule has 0 radical (unpaired) electrons. The summed E-state index contributed by atoms with van der Waals surface area (Å²) in [6.07, 6.45) is 11.0. The molecule has 1 saturated heterocycles. The monoisotopic (exact) mass is 402 g/mol. The van der Waals surface area contributed by atoms with Crippen LogP contribution in [0.25, 0.3) is 16.7 Å². The molecule has 154 valence electrons. The zero-order chi connectivity index (χ0) is 20.7. The summed E-state index contributed by atoms with van der Waals surface area (Å²) < 4.78 is 5.60. The van der Waals surface area contributed by atoms with Gasteiger partial charge in [0.25, 0.3) is 5.91 Å². The summed E-state index contributed by atoms with van der Waals surface area (Å²) in [4.78, 5) is 21.8. The first-order chi connectivity index (χ1) is 14.6. The molecule has 0 spiro atoms. The fourth-order valence-corrected chi connectivity index (χ4v) is 4.33. The molecule has 2 aromatic rings. The first-order valence-electron chi connectivity index (χ1n) is 10.6. The topological polar surface area (TPSA) is 61.6 Å². The average molecular weight is 402 g/mol. The van der Waals surface area contributed by atoms with Gasteiger partial charge in [0.15, 0.2) is 11.5 Å². The van der Waals surface area contributed by atoms with Crippen LogP contribution in [0.5, 0.6) is 0 Å². The maximum atomic E-state index is 13.3. The summed E-state index contributed by atoms with van der Waals surface area (Å²) in [5.41, 5.74) is 5.69. The zero-order valence-electron chi connectivity index (χ0n) is 17.4. The highest BCUT2D eigenvalue weighted by Gasteiger charge is 2.24. The molecule has 0 saturated carbocycles. The Bertz CT molecular complexity index is 1120. The van der Waals surface area contributed by atoms with Crippen LogP contribution in [-0.4, -0.2) is 46.9 Å². The summed E-state index contributed by atoms with van der Waals surface area (Å²) >= 11 is 0. The van der Waals surface area contributed by atoms with Crippen LogP contribution in [0.4, 0.5) is 0 Å². The van der Waals surface area contributed by atoms with E-state index in [4.69, 9.17) is 4.42 Å². The largest absolute Gasteiger partial charge is 0.441 e. The summed E-state index contributed by atoms with van der Waals surface area (Å²) in [7, 11) is 0. The lowest BCUT2D eigenvalue weighted by molar-refractivity contribution is -0.122. The lowest BCUT2D eigenvalue weighted by Crippen LogP contribution is -2.43. The van der Waals surface area contributed by atoms with Gasteiger partial charge in [-0.2, -0.15) is 0 Å². The van der Waals surface area contributed by atoms with Crippen molar-refractivity contribution >= 4 is 22.6 Å². The standard InChI is InChI=1S/C24H26N4O2/c1-16-3-5-19-6-7-20(27-11-9-25-10-12-27)15-28(19)24(29)14-21(16)18-4-8-23-22(13-18)26-17(2)30-23/h4-8,13-16,25H,3,9-12H2,1-2H3. The van der Waals surface area contributed by atoms with Gasteiger partial charge in [0.1, 0.15) is 5.52 Å². The SMILES string of the molecule is Cc1nc2cc(C3=CC(=O)N4C=C(N5CCNCC5)C=CC4=CCC3C)ccc2o1. The van der Waals surface area contributed by atoms with Gasteiger partial charge in [0.2, 0.25) is 0 Å². The van der Waals surface area contributed by atoms with Crippen molar-refractivity contribution in [3.05, 3.63) is 71.6 Å². The summed E-state index contributed by atoms with van der Waals surface area (Å²) in [5, 5.41) is 3.37. The minimum Gasteiger partial charge on any atom is -0.441 e. The van der Waals surface area contributed by atoms with Crippen LogP contribution in [0.3, 0.4) is 0 Å². The number of nitrogens with zero attached hydrogens (tertiary/aromatic N) is 3. The lowest BCUT2D eigenvalue weighted by Gasteiger charge is -2.34. The number of fused-ring (bicyclic) bond motifs is 2. The minimum atomic E-state index is -0.0174. The number of piperazine rings is 1. The van der Waals surface area contributed by atoms with Gasteiger partial charge < -0.3 is 14.6 Å². The van der Waals surface area contributed by atoms with Crippen LogP contribution in [0.1, 0.15) is 24.8 Å². The van der Waals surface area contributed by atoms with E-state index in [1.807, 2.05) is 31.3 Å². The Hall–Kier alpha value is -3.12. The molecule has 6 heteroatoms. The number of oxazole rings is 1. The third-order valence-corrected chi connectivity index (χ3v) is 6.00. The highest BCUT2D eigenvalue weighted by molar-refractivity contribution is 5.98. The predicted molar refractivity (Wildman–Crippen MR) is 117 cm³/mol. The number of benzene rings is 1. The van der Waals surface area contributed by atoms with E-state index in [-0.39, 0.29) is 11.8 Å². The number of carbonyl (C=O) groups is 1. The quantitative estimate of drug-likeness (QED) is 0.832. The molecule has 5 rings (SSSR count). The molecule has 3 aliphatic rings. The Balaban J connectivity index is 1.49. The number of aromatic nitrogens is 1. The third-order valence-electron chi connectivity index (χ3n) is 6.00. The molecule has 0 aliphatic carbocycles. The maximum absolute atomic E-state index is 13.3. The third kappa shape index (κ3) is 3.48. The van der Waals surface area contributed by atoms with Gasteiger partial charge in [-0.15, -0.1) is 0 Å². The van der Waals surface area contributed by atoms with E-state index in [1.165, 1.54) is 0 Å². The second kappa shape index (κ2) is 7.61. The van der Waals surface area contributed by atoms with Crippen molar-refractivity contribution in [2.75, 3.05) is 26.2 Å². The Labute approximate surface area is 176 Å². The number of carbonyl (C=O) groups excluding carboxylic acids is 1. The highest BCUT2D eigenvalue weighted by Crippen LogP contribution is 2.33. The van der Waals surface area contributed by atoms with E-state index in [2.05, 4.69) is 40.4 Å². The van der Waals surface area contributed by atoms with Crippen molar-refractivity contribution in [3.8, 4) is 0 Å². The molecular weight excluding hydrogens is 376 g/mol. The smallest absolute Gasteiger partial charge is 0.255 e. The average Bonchev–Trinajstić information content (AvgIpc) is 3.14. The van der Waals surface area contributed by atoms with E-state index in [0.29, 0.717) is 5.89 Å². The molecule has 1 atom stereocenters. The van der Waals surface area contributed by atoms with Gasteiger partial charge in [0.05, 0.1) is 5.70 Å². The molecule has 1 fully saturated rings. The van der Waals surface area contributed by atoms with E-state index in [0.717, 1.165) is 66.2 Å². The molecule has 4 heterocycles. The van der Waals surface area contributed by atoms with E-state index in [9.17, 15) is 4.79 Å². The number of aryl methyl sites for hydroxylation is 1. The Morgan fingerprint density at radius 2 is 1.97 bits per heavy atom. The zero-order valence-corrected chi connectivity index (χ0v) is 17.4. The summed E-state index contributed by atoms with van der Waals surface area (Å²) in [6, 6.07) is 5.98. The first kappa shape index (κ1) is 18.9. The fourth-order valence-electron chi connectivity index (χ4n) is 4.33. The highest BCUT2D eigenvalue weighted by atomic mass is 16.3. The van der Waals surface area contributed by atoms with E-state index < -0.39 is 0 Å². The molecular formula is C24H26N4O2. The number of rotatable bonds is 2. The molecule has 1 N–H and O–H groups in total.